The maximum atomic E-state index is 13.1. The molecule has 1 aliphatic heterocycles. The fourth-order valence-corrected chi connectivity index (χ4v) is 4.48. The Balaban J connectivity index is 1.43. The molecule has 1 amide bonds. The van der Waals surface area contributed by atoms with Gasteiger partial charge in [0.1, 0.15) is 5.82 Å². The highest BCUT2D eigenvalue weighted by molar-refractivity contribution is 7.12. The molecule has 0 atom stereocenters. The number of nitrogens with zero attached hydrogens (tertiary/aromatic N) is 3. The Kier molecular flexibility index (Phi) is 5.91. The number of fused-ring (bicyclic) bond motifs is 1. The molecule has 2 aromatic heterocycles. The van der Waals surface area contributed by atoms with Crippen LogP contribution < -0.4 is 29.0 Å². The van der Waals surface area contributed by atoms with Crippen molar-refractivity contribution >= 4 is 23.1 Å². The standard InChI is InChI=1S/C24H22N4O6S/c1-13-7-21(26-23(29)15-9-19(30-2)22(32-4)20(10-15)31-3)28(27-13)24-25-16(11-35-24)14-5-6-17-18(8-14)34-12-33-17/h5-11H,12H2,1-4H3,(H,26,29). The van der Waals surface area contributed by atoms with Crippen molar-refractivity contribution in [2.24, 2.45) is 0 Å². The molecule has 10 nitrogen and oxygen atoms in total. The summed E-state index contributed by atoms with van der Waals surface area (Å²) in [6.45, 7) is 2.06. The number of methoxy groups -OCH3 is 3. The third-order valence-corrected chi connectivity index (χ3v) is 6.16. The number of nitrogens with one attached hydrogen (secondary N) is 1. The van der Waals surface area contributed by atoms with E-state index in [1.54, 1.807) is 22.9 Å². The SMILES string of the molecule is COc1cc(C(=O)Nc2cc(C)nn2-c2nc(-c3ccc4c(c3)OCO4)cs2)cc(OC)c1OC. The molecule has 3 heterocycles. The first-order valence-corrected chi connectivity index (χ1v) is 11.4. The van der Waals surface area contributed by atoms with Crippen LogP contribution in [-0.4, -0.2) is 48.8 Å². The van der Waals surface area contributed by atoms with Crippen LogP contribution in [0.3, 0.4) is 0 Å². The topological polar surface area (TPSA) is 106 Å². The maximum absolute atomic E-state index is 13.1. The Morgan fingerprint density at radius 2 is 1.77 bits per heavy atom. The zero-order valence-corrected chi connectivity index (χ0v) is 20.3. The summed E-state index contributed by atoms with van der Waals surface area (Å²) < 4.78 is 28.5. The van der Waals surface area contributed by atoms with Gasteiger partial charge in [0, 0.05) is 22.6 Å². The first-order valence-electron chi connectivity index (χ1n) is 10.5. The lowest BCUT2D eigenvalue weighted by molar-refractivity contribution is 0.102. The number of carbonyl (C=O) groups excluding carboxylic acids is 1. The molecule has 0 fully saturated rings. The van der Waals surface area contributed by atoms with Gasteiger partial charge in [0.25, 0.3) is 5.91 Å². The van der Waals surface area contributed by atoms with Crippen molar-refractivity contribution < 1.29 is 28.5 Å². The van der Waals surface area contributed by atoms with E-state index in [0.717, 1.165) is 17.0 Å². The molecule has 180 valence electrons. The third kappa shape index (κ3) is 4.21. The Labute approximate surface area is 205 Å². The van der Waals surface area contributed by atoms with Crippen LogP contribution in [0.4, 0.5) is 5.82 Å². The van der Waals surface area contributed by atoms with Crippen LogP contribution in [0.2, 0.25) is 0 Å². The zero-order valence-electron chi connectivity index (χ0n) is 19.4. The summed E-state index contributed by atoms with van der Waals surface area (Å²) in [7, 11) is 4.50. The van der Waals surface area contributed by atoms with Crippen LogP contribution in [-0.2, 0) is 0 Å². The average molecular weight is 495 g/mol. The smallest absolute Gasteiger partial charge is 0.257 e. The summed E-state index contributed by atoms with van der Waals surface area (Å²) >= 11 is 1.41. The quantitative estimate of drug-likeness (QED) is 0.405. The summed E-state index contributed by atoms with van der Waals surface area (Å²) in [5, 5.41) is 9.96. The number of rotatable bonds is 7. The predicted octanol–water partition coefficient (Wildman–Crippen LogP) is 4.31. The third-order valence-electron chi connectivity index (χ3n) is 5.34. The average Bonchev–Trinajstić information content (AvgIpc) is 3.62. The van der Waals surface area contributed by atoms with Gasteiger partial charge in [-0.1, -0.05) is 0 Å². The minimum absolute atomic E-state index is 0.211. The van der Waals surface area contributed by atoms with Crippen molar-refractivity contribution in [1.29, 1.82) is 0 Å². The second kappa shape index (κ2) is 9.18. The number of hydrogen-bond donors (Lipinski definition) is 1. The second-order valence-corrected chi connectivity index (χ2v) is 8.37. The number of benzene rings is 2. The van der Waals surface area contributed by atoms with Gasteiger partial charge in [-0.15, -0.1) is 11.3 Å². The van der Waals surface area contributed by atoms with Crippen molar-refractivity contribution in [2.45, 2.75) is 6.92 Å². The number of anilines is 1. The largest absolute Gasteiger partial charge is 0.493 e. The van der Waals surface area contributed by atoms with E-state index in [1.807, 2.05) is 30.5 Å². The molecule has 4 aromatic rings. The van der Waals surface area contributed by atoms with Gasteiger partial charge in [-0.25, -0.2) is 4.98 Å². The van der Waals surface area contributed by atoms with Gasteiger partial charge in [0.15, 0.2) is 23.0 Å². The van der Waals surface area contributed by atoms with Crippen molar-refractivity contribution in [3.05, 3.63) is 53.0 Å². The Hall–Kier alpha value is -4.25. The summed E-state index contributed by atoms with van der Waals surface area (Å²) in [5.41, 5.74) is 2.72. The lowest BCUT2D eigenvalue weighted by Gasteiger charge is -2.14. The Morgan fingerprint density at radius 1 is 1.03 bits per heavy atom. The minimum atomic E-state index is -0.363. The Morgan fingerprint density at radius 3 is 2.49 bits per heavy atom. The normalized spacial score (nSPS) is 11.9. The van der Waals surface area contributed by atoms with E-state index >= 15 is 0 Å². The molecule has 0 unspecified atom stereocenters. The predicted molar refractivity (Wildman–Crippen MR) is 130 cm³/mol. The molecule has 11 heteroatoms. The van der Waals surface area contributed by atoms with E-state index in [0.29, 0.717) is 45.3 Å². The molecule has 2 aromatic carbocycles. The highest BCUT2D eigenvalue weighted by Crippen LogP contribution is 2.39. The van der Waals surface area contributed by atoms with Crippen molar-refractivity contribution in [1.82, 2.24) is 14.8 Å². The van der Waals surface area contributed by atoms with E-state index < -0.39 is 0 Å². The molecular weight excluding hydrogens is 472 g/mol. The summed E-state index contributed by atoms with van der Waals surface area (Å²) in [4.78, 5) is 17.9. The lowest BCUT2D eigenvalue weighted by Crippen LogP contribution is -2.15. The minimum Gasteiger partial charge on any atom is -0.493 e. The molecular formula is C24H22N4O6S. The number of carbonyl (C=O) groups is 1. The maximum Gasteiger partial charge on any atom is 0.257 e. The van der Waals surface area contributed by atoms with E-state index in [2.05, 4.69) is 10.4 Å². The molecule has 1 aliphatic rings. The summed E-state index contributed by atoms with van der Waals surface area (Å²) in [6, 6.07) is 10.6. The van der Waals surface area contributed by atoms with E-state index in [-0.39, 0.29) is 12.7 Å². The van der Waals surface area contributed by atoms with Crippen LogP contribution in [0.15, 0.2) is 41.8 Å². The van der Waals surface area contributed by atoms with Crippen LogP contribution in [0, 0.1) is 6.92 Å². The van der Waals surface area contributed by atoms with Crippen molar-refractivity contribution in [3.63, 3.8) is 0 Å². The van der Waals surface area contributed by atoms with Crippen LogP contribution in [0.1, 0.15) is 16.1 Å². The molecule has 0 aliphatic carbocycles. The van der Waals surface area contributed by atoms with Gasteiger partial charge < -0.3 is 29.0 Å². The monoisotopic (exact) mass is 494 g/mol. The van der Waals surface area contributed by atoms with Crippen LogP contribution in [0.25, 0.3) is 16.4 Å². The van der Waals surface area contributed by atoms with Gasteiger partial charge in [0.05, 0.1) is 32.7 Å². The van der Waals surface area contributed by atoms with Crippen molar-refractivity contribution in [3.8, 4) is 45.1 Å². The van der Waals surface area contributed by atoms with E-state index in [1.165, 1.54) is 32.7 Å². The summed E-state index contributed by atoms with van der Waals surface area (Å²) in [6.07, 6.45) is 0. The van der Waals surface area contributed by atoms with Gasteiger partial charge >= 0.3 is 0 Å². The van der Waals surface area contributed by atoms with Crippen LogP contribution >= 0.6 is 11.3 Å². The second-order valence-electron chi connectivity index (χ2n) is 7.53. The fraction of sp³-hybridized carbons (Fsp3) is 0.208. The Bertz CT molecular complexity index is 1390. The molecule has 0 radical (unpaired) electrons. The van der Waals surface area contributed by atoms with Gasteiger partial charge in [-0.2, -0.15) is 9.78 Å². The van der Waals surface area contributed by atoms with Gasteiger partial charge in [-0.3, -0.25) is 4.79 Å². The summed E-state index contributed by atoms with van der Waals surface area (Å²) in [5.74, 6) is 2.69. The number of hydrogen-bond acceptors (Lipinski definition) is 9. The number of aromatic nitrogens is 3. The first-order chi connectivity index (χ1) is 17.0. The lowest BCUT2D eigenvalue weighted by atomic mass is 10.1. The van der Waals surface area contributed by atoms with E-state index in [9.17, 15) is 4.79 Å². The zero-order chi connectivity index (χ0) is 24.5. The fourth-order valence-electron chi connectivity index (χ4n) is 3.68. The number of aryl methyl sites for hydroxylation is 1. The highest BCUT2D eigenvalue weighted by atomic mass is 32.1. The molecule has 0 saturated carbocycles. The number of ether oxygens (including phenoxy) is 5. The van der Waals surface area contributed by atoms with Crippen LogP contribution in [0.5, 0.6) is 28.7 Å². The number of thiazole rings is 1. The highest BCUT2D eigenvalue weighted by Gasteiger charge is 2.20. The van der Waals surface area contributed by atoms with Crippen molar-refractivity contribution in [2.75, 3.05) is 33.4 Å². The first kappa shape index (κ1) is 22.5. The van der Waals surface area contributed by atoms with Gasteiger partial charge in [0.2, 0.25) is 17.7 Å². The van der Waals surface area contributed by atoms with Gasteiger partial charge in [-0.05, 0) is 37.3 Å². The number of amides is 1. The molecule has 0 spiro atoms. The molecule has 0 saturated heterocycles. The molecule has 0 bridgehead atoms. The molecule has 35 heavy (non-hydrogen) atoms. The molecule has 5 rings (SSSR count). The van der Waals surface area contributed by atoms with E-state index in [4.69, 9.17) is 28.7 Å². The molecule has 1 N–H and O–H groups in total.